The van der Waals surface area contributed by atoms with Gasteiger partial charge in [0, 0.05) is 0 Å². The standard InChI is InChI=1S/C24H25N3.2ClH.Co/c1-16-6-10-21(11-7-16)25-19(4)23-14-18(3)15-24(27-23)20(5)26-22-12-8-17(2)9-13-22;;;/h6-15H,1-5H3;2*1H;/q;;;+2/p-2. The number of hydrogen-bond donors (Lipinski definition) is 0. The Morgan fingerprint density at radius 1 is 0.600 bits per heavy atom. The molecule has 0 spiro atoms. The molecule has 0 N–H and O–H groups in total. The minimum absolute atomic E-state index is 0. The van der Waals surface area contributed by atoms with E-state index in [0.29, 0.717) is 0 Å². The van der Waals surface area contributed by atoms with Gasteiger partial charge in [0.2, 0.25) is 0 Å². The van der Waals surface area contributed by atoms with E-state index in [2.05, 4.69) is 57.2 Å². The Morgan fingerprint density at radius 2 is 0.933 bits per heavy atom. The molecule has 0 bridgehead atoms. The zero-order valence-corrected chi connectivity index (χ0v) is 20.3. The average molecular weight is 485 g/mol. The number of aromatic nitrogens is 1. The molecule has 0 saturated heterocycles. The van der Waals surface area contributed by atoms with Gasteiger partial charge in [-0.15, -0.1) is 0 Å². The molecule has 30 heavy (non-hydrogen) atoms. The first-order valence-corrected chi connectivity index (χ1v) is 9.14. The van der Waals surface area contributed by atoms with E-state index in [-0.39, 0.29) is 41.6 Å². The van der Waals surface area contributed by atoms with Crippen LogP contribution < -0.4 is 24.8 Å². The van der Waals surface area contributed by atoms with Crippen molar-refractivity contribution in [2.45, 2.75) is 34.6 Å². The Bertz CT molecular complexity index is 932. The largest absolute Gasteiger partial charge is 2.00 e. The van der Waals surface area contributed by atoms with E-state index in [4.69, 9.17) is 15.0 Å². The monoisotopic (exact) mass is 484 g/mol. The quantitative estimate of drug-likeness (QED) is 0.490. The molecule has 2 aromatic carbocycles. The Hall–Kier alpha value is -1.98. The molecule has 0 saturated carbocycles. The molecule has 0 fully saturated rings. The summed E-state index contributed by atoms with van der Waals surface area (Å²) in [5.41, 5.74) is 9.02. The van der Waals surface area contributed by atoms with Gasteiger partial charge in [-0.1, -0.05) is 35.4 Å². The molecule has 3 rings (SSSR count). The first-order valence-electron chi connectivity index (χ1n) is 9.14. The Kier molecular flexibility index (Phi) is 11.8. The van der Waals surface area contributed by atoms with Crippen molar-refractivity contribution in [3.8, 4) is 0 Å². The molecule has 0 unspecified atom stereocenters. The van der Waals surface area contributed by atoms with Crippen molar-refractivity contribution in [2.75, 3.05) is 0 Å². The first-order chi connectivity index (χ1) is 12.9. The van der Waals surface area contributed by atoms with E-state index in [1.807, 2.05) is 38.1 Å². The van der Waals surface area contributed by atoms with E-state index in [1.165, 1.54) is 11.1 Å². The zero-order chi connectivity index (χ0) is 19.4. The third kappa shape index (κ3) is 7.69. The van der Waals surface area contributed by atoms with Crippen LogP contribution in [0, 0.1) is 20.8 Å². The van der Waals surface area contributed by atoms with Crippen LogP contribution in [0.15, 0.2) is 70.6 Å². The third-order valence-electron chi connectivity index (χ3n) is 4.37. The van der Waals surface area contributed by atoms with Crippen LogP contribution in [0.4, 0.5) is 11.4 Å². The molecule has 0 aliphatic carbocycles. The van der Waals surface area contributed by atoms with Gasteiger partial charge in [-0.2, -0.15) is 0 Å². The zero-order valence-electron chi connectivity index (χ0n) is 17.7. The maximum Gasteiger partial charge on any atom is 2.00 e. The second-order valence-corrected chi connectivity index (χ2v) is 6.98. The summed E-state index contributed by atoms with van der Waals surface area (Å²) in [5.74, 6) is 0. The second kappa shape index (κ2) is 12.7. The molecule has 6 heteroatoms. The summed E-state index contributed by atoms with van der Waals surface area (Å²) in [6, 6.07) is 20.5. The summed E-state index contributed by atoms with van der Waals surface area (Å²) in [5, 5.41) is 0. The number of halogens is 2. The molecule has 0 amide bonds. The first kappa shape index (κ1) is 28.0. The van der Waals surface area contributed by atoms with Gasteiger partial charge in [0.15, 0.2) is 0 Å². The van der Waals surface area contributed by atoms with E-state index < -0.39 is 0 Å². The van der Waals surface area contributed by atoms with Gasteiger partial charge >= 0.3 is 16.8 Å². The molecule has 1 radical (unpaired) electrons. The van der Waals surface area contributed by atoms with Crippen LogP contribution in [0.2, 0.25) is 0 Å². The van der Waals surface area contributed by atoms with Crippen molar-refractivity contribution in [3.63, 3.8) is 0 Å². The van der Waals surface area contributed by atoms with Crippen LogP contribution in [0.5, 0.6) is 0 Å². The number of benzene rings is 2. The molecule has 1 aromatic heterocycles. The van der Waals surface area contributed by atoms with Gasteiger partial charge in [-0.25, -0.2) is 4.98 Å². The fraction of sp³-hybridized carbons (Fsp3) is 0.208. The number of pyridine rings is 1. The summed E-state index contributed by atoms with van der Waals surface area (Å²) < 4.78 is 0. The van der Waals surface area contributed by atoms with Crippen molar-refractivity contribution in [1.82, 2.24) is 4.98 Å². The Balaban J connectivity index is 0.00000280. The Labute approximate surface area is 202 Å². The minimum Gasteiger partial charge on any atom is -1.00 e. The predicted octanol–water partition coefficient (Wildman–Crippen LogP) is 0.294. The van der Waals surface area contributed by atoms with Crippen LogP contribution in [-0.2, 0) is 16.8 Å². The maximum absolute atomic E-state index is 4.80. The summed E-state index contributed by atoms with van der Waals surface area (Å²) in [6.07, 6.45) is 0. The van der Waals surface area contributed by atoms with Gasteiger partial charge in [-0.05, 0) is 76.6 Å². The van der Waals surface area contributed by atoms with Crippen LogP contribution >= 0.6 is 0 Å². The number of nitrogens with zero attached hydrogens (tertiary/aromatic N) is 3. The maximum atomic E-state index is 4.80. The topological polar surface area (TPSA) is 37.6 Å². The van der Waals surface area contributed by atoms with Crippen molar-refractivity contribution in [1.29, 1.82) is 0 Å². The molecule has 0 aliphatic rings. The van der Waals surface area contributed by atoms with Gasteiger partial charge in [0.25, 0.3) is 0 Å². The SMILES string of the molecule is CC(=Nc1ccc(C)cc1)c1cc(C)cc(C(C)=Nc2ccc(C)cc2)n1.[Cl-].[Cl-].[Co+2]. The molecular formula is C24H25Cl2CoN3. The van der Waals surface area contributed by atoms with Crippen LogP contribution in [0.3, 0.4) is 0 Å². The predicted molar refractivity (Wildman–Crippen MR) is 115 cm³/mol. The Morgan fingerprint density at radius 3 is 1.27 bits per heavy atom. The van der Waals surface area contributed by atoms with E-state index in [9.17, 15) is 0 Å². The van der Waals surface area contributed by atoms with E-state index in [1.54, 1.807) is 0 Å². The smallest absolute Gasteiger partial charge is 1.00 e. The van der Waals surface area contributed by atoms with Crippen molar-refractivity contribution in [2.24, 2.45) is 9.98 Å². The summed E-state index contributed by atoms with van der Waals surface area (Å²) in [7, 11) is 0. The molecular weight excluding hydrogens is 460 g/mol. The molecule has 3 aromatic rings. The van der Waals surface area contributed by atoms with Crippen LogP contribution in [-0.4, -0.2) is 16.4 Å². The molecule has 0 aliphatic heterocycles. The minimum atomic E-state index is 0. The molecule has 1 heterocycles. The van der Waals surface area contributed by atoms with Crippen molar-refractivity contribution >= 4 is 22.8 Å². The fourth-order valence-electron chi connectivity index (χ4n) is 2.78. The summed E-state index contributed by atoms with van der Waals surface area (Å²) in [6.45, 7) is 10.2. The molecule has 159 valence electrons. The molecule has 0 atom stereocenters. The second-order valence-electron chi connectivity index (χ2n) is 6.98. The van der Waals surface area contributed by atoms with Gasteiger partial charge in [0.1, 0.15) is 0 Å². The normalized spacial score (nSPS) is 11.1. The third-order valence-corrected chi connectivity index (χ3v) is 4.37. The van der Waals surface area contributed by atoms with Crippen LogP contribution in [0.1, 0.15) is 41.9 Å². The number of rotatable bonds is 4. The van der Waals surface area contributed by atoms with Gasteiger partial charge in [0.05, 0.1) is 34.2 Å². The fourth-order valence-corrected chi connectivity index (χ4v) is 2.78. The average Bonchev–Trinajstić information content (AvgIpc) is 2.65. The van der Waals surface area contributed by atoms with Crippen molar-refractivity contribution in [3.05, 3.63) is 88.7 Å². The number of hydrogen-bond acceptors (Lipinski definition) is 3. The van der Waals surface area contributed by atoms with Crippen molar-refractivity contribution < 1.29 is 41.6 Å². The molecule has 3 nitrogen and oxygen atoms in total. The van der Waals surface area contributed by atoms with Gasteiger partial charge < -0.3 is 24.8 Å². The van der Waals surface area contributed by atoms with E-state index in [0.717, 1.165) is 39.7 Å². The van der Waals surface area contributed by atoms with Crippen LogP contribution in [0.25, 0.3) is 0 Å². The number of aliphatic imine (C=N–C) groups is 2. The summed E-state index contributed by atoms with van der Waals surface area (Å²) >= 11 is 0. The number of aryl methyl sites for hydroxylation is 3. The summed E-state index contributed by atoms with van der Waals surface area (Å²) in [4.78, 5) is 14.2. The van der Waals surface area contributed by atoms with Gasteiger partial charge in [-0.3, -0.25) is 9.98 Å². The van der Waals surface area contributed by atoms with E-state index >= 15 is 0 Å².